The molecule has 164 valence electrons. The van der Waals surface area contributed by atoms with Crippen LogP contribution >= 0.6 is 0 Å². The summed E-state index contributed by atoms with van der Waals surface area (Å²) in [5.41, 5.74) is 2.64. The van der Waals surface area contributed by atoms with Crippen LogP contribution in [0.1, 0.15) is 31.9 Å². The van der Waals surface area contributed by atoms with Crippen LogP contribution in [0.2, 0.25) is 0 Å². The van der Waals surface area contributed by atoms with Crippen LogP contribution in [0.3, 0.4) is 0 Å². The molecule has 0 radical (unpaired) electrons. The van der Waals surface area contributed by atoms with Gasteiger partial charge in [0.25, 0.3) is 11.8 Å². The van der Waals surface area contributed by atoms with Gasteiger partial charge in [-0.2, -0.15) is 0 Å². The molecule has 1 atom stereocenters. The number of ether oxygens (including phenoxy) is 3. The van der Waals surface area contributed by atoms with E-state index in [1.165, 1.54) is 6.39 Å². The van der Waals surface area contributed by atoms with E-state index in [1.807, 2.05) is 6.07 Å². The van der Waals surface area contributed by atoms with Gasteiger partial charge >= 0.3 is 0 Å². The second-order valence-corrected chi connectivity index (χ2v) is 7.80. The zero-order chi connectivity index (χ0) is 22.0. The third-order valence-electron chi connectivity index (χ3n) is 5.45. The SMILES string of the molecule is COCCCOc1cc2c(nc1OC)-c1cc(=O)c(-c3nnco3)cn1C(C(C)C)C2. The molecule has 0 bridgehead atoms. The molecule has 0 spiro atoms. The second kappa shape index (κ2) is 8.89. The molecule has 1 unspecified atom stereocenters. The number of rotatable bonds is 8. The summed E-state index contributed by atoms with van der Waals surface area (Å²) in [4.78, 5) is 17.6. The molecule has 0 aromatic carbocycles. The molecule has 0 amide bonds. The lowest BCUT2D eigenvalue weighted by atomic mass is 9.89. The maximum Gasteiger partial charge on any atom is 0.257 e. The van der Waals surface area contributed by atoms with Gasteiger partial charge in [0.2, 0.25) is 6.39 Å². The van der Waals surface area contributed by atoms with Crippen LogP contribution in [0, 0.1) is 5.92 Å². The number of pyridine rings is 2. The lowest BCUT2D eigenvalue weighted by molar-refractivity contribution is 0.170. The van der Waals surface area contributed by atoms with Crippen molar-refractivity contribution in [2.75, 3.05) is 27.4 Å². The molecule has 3 aromatic rings. The molecule has 1 aliphatic heterocycles. The molecule has 0 saturated carbocycles. The summed E-state index contributed by atoms with van der Waals surface area (Å²) in [5, 5.41) is 7.59. The van der Waals surface area contributed by atoms with Crippen molar-refractivity contribution in [3.8, 4) is 34.5 Å². The zero-order valence-corrected chi connectivity index (χ0v) is 18.1. The maximum atomic E-state index is 12.9. The summed E-state index contributed by atoms with van der Waals surface area (Å²) >= 11 is 0. The van der Waals surface area contributed by atoms with E-state index in [2.05, 4.69) is 28.6 Å². The Morgan fingerprint density at radius 2 is 2.10 bits per heavy atom. The number of nitrogens with zero attached hydrogens (tertiary/aromatic N) is 4. The van der Waals surface area contributed by atoms with Crippen molar-refractivity contribution in [3.63, 3.8) is 0 Å². The van der Waals surface area contributed by atoms with Gasteiger partial charge in [0.15, 0.2) is 11.2 Å². The van der Waals surface area contributed by atoms with Crippen molar-refractivity contribution < 1.29 is 18.6 Å². The monoisotopic (exact) mass is 426 g/mol. The normalized spacial score (nSPS) is 14.9. The van der Waals surface area contributed by atoms with Crippen LogP contribution in [-0.2, 0) is 11.2 Å². The molecule has 0 saturated heterocycles. The Morgan fingerprint density at radius 1 is 1.26 bits per heavy atom. The minimum Gasteiger partial charge on any atom is -0.488 e. The van der Waals surface area contributed by atoms with Gasteiger partial charge in [-0.1, -0.05) is 13.8 Å². The number of fused-ring (bicyclic) bond motifs is 3. The van der Waals surface area contributed by atoms with E-state index in [0.29, 0.717) is 42.0 Å². The van der Waals surface area contributed by atoms with E-state index < -0.39 is 0 Å². The Hall–Kier alpha value is -3.20. The van der Waals surface area contributed by atoms with Gasteiger partial charge in [-0.15, -0.1) is 10.2 Å². The number of hydrogen-bond acceptors (Lipinski definition) is 8. The zero-order valence-electron chi connectivity index (χ0n) is 18.1. The fraction of sp³-hybridized carbons (Fsp3) is 0.455. The summed E-state index contributed by atoms with van der Waals surface area (Å²) in [5.74, 6) is 1.51. The fourth-order valence-electron chi connectivity index (χ4n) is 3.87. The van der Waals surface area contributed by atoms with Crippen LogP contribution in [0.25, 0.3) is 22.8 Å². The number of hydrogen-bond donors (Lipinski definition) is 0. The first kappa shape index (κ1) is 21.0. The molecular formula is C22H26N4O5. The summed E-state index contributed by atoms with van der Waals surface area (Å²) in [7, 11) is 3.22. The van der Waals surface area contributed by atoms with Crippen LogP contribution in [0.15, 0.2) is 33.9 Å². The summed E-state index contributed by atoms with van der Waals surface area (Å²) in [6.07, 6.45) is 4.52. The highest BCUT2D eigenvalue weighted by Gasteiger charge is 2.30. The Morgan fingerprint density at radius 3 is 2.77 bits per heavy atom. The summed E-state index contributed by atoms with van der Waals surface area (Å²) in [6, 6.07) is 3.68. The molecule has 0 aliphatic carbocycles. The van der Waals surface area contributed by atoms with E-state index in [9.17, 15) is 4.79 Å². The van der Waals surface area contributed by atoms with Crippen molar-refractivity contribution in [2.24, 2.45) is 5.92 Å². The molecule has 31 heavy (non-hydrogen) atoms. The minimum atomic E-state index is -0.202. The van der Waals surface area contributed by atoms with E-state index in [-0.39, 0.29) is 17.4 Å². The molecular weight excluding hydrogens is 400 g/mol. The summed E-state index contributed by atoms with van der Waals surface area (Å²) in [6.45, 7) is 5.43. The first-order valence-electron chi connectivity index (χ1n) is 10.3. The smallest absolute Gasteiger partial charge is 0.257 e. The van der Waals surface area contributed by atoms with Gasteiger partial charge < -0.3 is 23.2 Å². The predicted octanol–water partition coefficient (Wildman–Crippen LogP) is 3.14. The van der Waals surface area contributed by atoms with E-state index in [4.69, 9.17) is 23.6 Å². The minimum absolute atomic E-state index is 0.126. The highest BCUT2D eigenvalue weighted by Crippen LogP contribution is 2.40. The Balaban J connectivity index is 1.80. The average Bonchev–Trinajstić information content (AvgIpc) is 3.29. The third kappa shape index (κ3) is 4.05. The average molecular weight is 426 g/mol. The largest absolute Gasteiger partial charge is 0.488 e. The third-order valence-corrected chi connectivity index (χ3v) is 5.45. The van der Waals surface area contributed by atoms with Gasteiger partial charge in [-0.05, 0) is 24.0 Å². The van der Waals surface area contributed by atoms with E-state index >= 15 is 0 Å². The molecule has 0 fully saturated rings. The first-order chi connectivity index (χ1) is 15.0. The van der Waals surface area contributed by atoms with Crippen LogP contribution in [-0.4, -0.2) is 47.2 Å². The summed E-state index contributed by atoms with van der Waals surface area (Å²) < 4.78 is 23.8. The Bertz CT molecular complexity index is 1110. The standard InChI is InChI=1S/C22H26N4O5/c1-13(2)16-8-14-9-19(30-7-5-6-28-3)22(29-4)24-20(14)17-10-18(27)15(11-26(16)17)21-25-23-12-31-21/h9-13,16H,5-8H2,1-4H3. The molecule has 9 nitrogen and oxygen atoms in total. The molecule has 0 N–H and O–H groups in total. The highest BCUT2D eigenvalue weighted by atomic mass is 16.5. The van der Waals surface area contributed by atoms with Crippen LogP contribution < -0.4 is 14.9 Å². The van der Waals surface area contributed by atoms with Crippen molar-refractivity contribution in [1.29, 1.82) is 0 Å². The van der Waals surface area contributed by atoms with Crippen LogP contribution in [0.4, 0.5) is 0 Å². The maximum absolute atomic E-state index is 12.9. The van der Waals surface area contributed by atoms with Crippen LogP contribution in [0.5, 0.6) is 11.6 Å². The molecule has 1 aliphatic rings. The molecule has 9 heteroatoms. The lowest BCUT2D eigenvalue weighted by Crippen LogP contribution is -2.27. The van der Waals surface area contributed by atoms with Crippen molar-refractivity contribution in [3.05, 3.63) is 40.5 Å². The van der Waals surface area contributed by atoms with Gasteiger partial charge in [0.05, 0.1) is 25.1 Å². The van der Waals surface area contributed by atoms with E-state index in [1.54, 1.807) is 26.5 Å². The predicted molar refractivity (Wildman–Crippen MR) is 113 cm³/mol. The Labute approximate surface area is 180 Å². The van der Waals surface area contributed by atoms with Crippen molar-refractivity contribution >= 4 is 0 Å². The first-order valence-corrected chi connectivity index (χ1v) is 10.3. The molecule has 3 aromatic heterocycles. The van der Waals surface area contributed by atoms with E-state index in [0.717, 1.165) is 24.1 Å². The number of aromatic nitrogens is 4. The van der Waals surface area contributed by atoms with Gasteiger partial charge in [-0.3, -0.25) is 4.79 Å². The van der Waals surface area contributed by atoms with Crippen molar-refractivity contribution in [1.82, 2.24) is 19.7 Å². The van der Waals surface area contributed by atoms with Crippen molar-refractivity contribution in [2.45, 2.75) is 32.7 Å². The second-order valence-electron chi connectivity index (χ2n) is 7.80. The molecule has 4 heterocycles. The Kier molecular flexibility index (Phi) is 6.03. The molecule has 4 rings (SSSR count). The van der Waals surface area contributed by atoms with Gasteiger partial charge in [0, 0.05) is 38.4 Å². The lowest BCUT2D eigenvalue weighted by Gasteiger charge is -2.33. The topological polar surface area (TPSA) is 102 Å². The van der Waals surface area contributed by atoms with Gasteiger partial charge in [-0.25, -0.2) is 4.98 Å². The quantitative estimate of drug-likeness (QED) is 0.506. The van der Waals surface area contributed by atoms with Gasteiger partial charge in [0.1, 0.15) is 5.56 Å². The fourth-order valence-corrected chi connectivity index (χ4v) is 3.87. The highest BCUT2D eigenvalue weighted by molar-refractivity contribution is 5.67. The number of methoxy groups -OCH3 is 2.